The van der Waals surface area contributed by atoms with Crippen LogP contribution in [-0.4, -0.2) is 22.7 Å². The van der Waals surface area contributed by atoms with E-state index in [2.05, 4.69) is 19.2 Å². The van der Waals surface area contributed by atoms with E-state index in [1.807, 2.05) is 6.92 Å². The minimum atomic E-state index is -0.721. The summed E-state index contributed by atoms with van der Waals surface area (Å²) in [4.78, 5) is 11.3. The number of rotatable bonds is 9. The molecule has 0 bridgehead atoms. The Morgan fingerprint density at radius 2 is 1.94 bits per heavy atom. The Morgan fingerprint density at radius 3 is 2.41 bits per heavy atom. The Morgan fingerprint density at radius 1 is 1.35 bits per heavy atom. The van der Waals surface area contributed by atoms with Gasteiger partial charge in [-0.15, -0.1) is 0 Å². The highest BCUT2D eigenvalue weighted by molar-refractivity contribution is 5.78. The molecule has 3 unspecified atom stereocenters. The molecule has 0 radical (unpaired) electrons. The van der Waals surface area contributed by atoms with Crippen molar-refractivity contribution >= 4 is 5.97 Å². The zero-order chi connectivity index (χ0) is 12.9. The fourth-order valence-corrected chi connectivity index (χ4v) is 2.26. The average Bonchev–Trinajstić information content (AvgIpc) is 2.93. The van der Waals surface area contributed by atoms with E-state index in [0.717, 1.165) is 25.7 Å². The molecular formula is C14H27NO2. The van der Waals surface area contributed by atoms with Gasteiger partial charge in [-0.05, 0) is 25.7 Å². The van der Waals surface area contributed by atoms with Crippen molar-refractivity contribution in [2.45, 2.75) is 77.3 Å². The van der Waals surface area contributed by atoms with Gasteiger partial charge in [0.25, 0.3) is 0 Å². The molecule has 1 aliphatic carbocycles. The highest BCUT2D eigenvalue weighted by Crippen LogP contribution is 2.32. The summed E-state index contributed by atoms with van der Waals surface area (Å²) in [6.45, 7) is 6.19. The van der Waals surface area contributed by atoms with Crippen LogP contribution in [0.1, 0.15) is 65.7 Å². The quantitative estimate of drug-likeness (QED) is 0.609. The molecule has 1 fully saturated rings. The van der Waals surface area contributed by atoms with Gasteiger partial charge in [0.1, 0.15) is 5.54 Å². The Balaban J connectivity index is 2.29. The van der Waals surface area contributed by atoms with Crippen molar-refractivity contribution in [3.05, 3.63) is 0 Å². The molecule has 0 aliphatic heterocycles. The van der Waals surface area contributed by atoms with E-state index in [4.69, 9.17) is 0 Å². The predicted molar refractivity (Wildman–Crippen MR) is 70.1 cm³/mol. The van der Waals surface area contributed by atoms with Crippen LogP contribution >= 0.6 is 0 Å². The van der Waals surface area contributed by atoms with E-state index in [1.54, 1.807) is 0 Å². The first kappa shape index (κ1) is 14.5. The van der Waals surface area contributed by atoms with E-state index in [-0.39, 0.29) is 0 Å². The summed E-state index contributed by atoms with van der Waals surface area (Å²) in [5.74, 6) is -0.0548. The molecule has 1 saturated carbocycles. The molecule has 0 saturated heterocycles. The lowest BCUT2D eigenvalue weighted by Crippen LogP contribution is -2.50. The number of hydrogen-bond donors (Lipinski definition) is 2. The zero-order valence-electron chi connectivity index (χ0n) is 11.5. The SMILES string of the molecule is CCCCCCCC(C)(NC1CC1C)C(=O)O. The second-order valence-corrected chi connectivity index (χ2v) is 5.77. The van der Waals surface area contributed by atoms with Crippen LogP contribution in [0, 0.1) is 5.92 Å². The lowest BCUT2D eigenvalue weighted by molar-refractivity contribution is -0.144. The third-order valence-electron chi connectivity index (χ3n) is 3.87. The lowest BCUT2D eigenvalue weighted by Gasteiger charge is -2.26. The summed E-state index contributed by atoms with van der Waals surface area (Å²) in [6.07, 6.45) is 7.75. The number of nitrogens with one attached hydrogen (secondary N) is 1. The van der Waals surface area contributed by atoms with Crippen LogP contribution in [0.25, 0.3) is 0 Å². The topological polar surface area (TPSA) is 49.3 Å². The summed E-state index contributed by atoms with van der Waals surface area (Å²) < 4.78 is 0. The molecule has 0 spiro atoms. The molecule has 3 heteroatoms. The van der Waals surface area contributed by atoms with E-state index in [9.17, 15) is 9.90 Å². The van der Waals surface area contributed by atoms with E-state index < -0.39 is 11.5 Å². The maximum atomic E-state index is 11.3. The van der Waals surface area contributed by atoms with Crippen LogP contribution in [0.3, 0.4) is 0 Å². The van der Waals surface area contributed by atoms with E-state index in [1.165, 1.54) is 19.3 Å². The third kappa shape index (κ3) is 4.66. The van der Waals surface area contributed by atoms with E-state index >= 15 is 0 Å². The molecule has 0 aromatic rings. The summed E-state index contributed by atoms with van der Waals surface area (Å²) in [5, 5.41) is 12.6. The second kappa shape index (κ2) is 6.39. The summed E-state index contributed by atoms with van der Waals surface area (Å²) in [7, 11) is 0. The number of carboxylic acids is 1. The monoisotopic (exact) mass is 241 g/mol. The minimum Gasteiger partial charge on any atom is -0.480 e. The Hall–Kier alpha value is -0.570. The highest BCUT2D eigenvalue weighted by Gasteiger charge is 2.41. The average molecular weight is 241 g/mol. The van der Waals surface area contributed by atoms with Gasteiger partial charge in [-0.1, -0.05) is 46.0 Å². The first-order chi connectivity index (χ1) is 7.99. The zero-order valence-corrected chi connectivity index (χ0v) is 11.5. The predicted octanol–water partition coefficient (Wildman–Crippen LogP) is 3.19. The summed E-state index contributed by atoms with van der Waals surface area (Å²) in [6, 6.07) is 0.423. The van der Waals surface area contributed by atoms with Crippen molar-refractivity contribution in [3.8, 4) is 0 Å². The van der Waals surface area contributed by atoms with Crippen LogP contribution in [-0.2, 0) is 4.79 Å². The number of carboxylic acid groups (broad SMARTS) is 1. The Bertz CT molecular complexity index is 255. The van der Waals surface area contributed by atoms with Crippen LogP contribution in [0.2, 0.25) is 0 Å². The molecule has 100 valence electrons. The van der Waals surface area contributed by atoms with Crippen molar-refractivity contribution in [2.24, 2.45) is 5.92 Å². The second-order valence-electron chi connectivity index (χ2n) is 5.77. The van der Waals surface area contributed by atoms with Crippen molar-refractivity contribution < 1.29 is 9.90 Å². The van der Waals surface area contributed by atoms with E-state index in [0.29, 0.717) is 12.0 Å². The summed E-state index contributed by atoms with van der Waals surface area (Å²) in [5.41, 5.74) is -0.721. The molecule has 1 aliphatic rings. The number of unbranched alkanes of at least 4 members (excludes halogenated alkanes) is 4. The van der Waals surface area contributed by atoms with Crippen molar-refractivity contribution in [1.29, 1.82) is 0 Å². The molecule has 3 nitrogen and oxygen atoms in total. The Kier molecular flexibility index (Phi) is 5.44. The van der Waals surface area contributed by atoms with Gasteiger partial charge in [-0.3, -0.25) is 10.1 Å². The van der Waals surface area contributed by atoms with Gasteiger partial charge in [-0.25, -0.2) is 0 Å². The first-order valence-electron chi connectivity index (χ1n) is 7.00. The van der Waals surface area contributed by atoms with Crippen LogP contribution in [0.4, 0.5) is 0 Å². The van der Waals surface area contributed by atoms with Gasteiger partial charge in [0.15, 0.2) is 0 Å². The molecule has 1 rings (SSSR count). The number of hydrogen-bond acceptors (Lipinski definition) is 2. The number of aliphatic carboxylic acids is 1. The van der Waals surface area contributed by atoms with Gasteiger partial charge in [0.05, 0.1) is 0 Å². The smallest absolute Gasteiger partial charge is 0.323 e. The Labute approximate surface area is 105 Å². The number of carbonyl (C=O) groups is 1. The molecule has 0 aromatic carbocycles. The first-order valence-corrected chi connectivity index (χ1v) is 7.00. The molecule has 0 heterocycles. The fourth-order valence-electron chi connectivity index (χ4n) is 2.26. The van der Waals surface area contributed by atoms with Gasteiger partial charge >= 0.3 is 5.97 Å². The van der Waals surface area contributed by atoms with Gasteiger partial charge in [0, 0.05) is 6.04 Å². The van der Waals surface area contributed by atoms with Crippen molar-refractivity contribution in [2.75, 3.05) is 0 Å². The fraction of sp³-hybridized carbons (Fsp3) is 0.929. The minimum absolute atomic E-state index is 0.423. The summed E-state index contributed by atoms with van der Waals surface area (Å²) >= 11 is 0. The molecular weight excluding hydrogens is 214 g/mol. The van der Waals surface area contributed by atoms with Gasteiger partial charge in [0.2, 0.25) is 0 Å². The highest BCUT2D eigenvalue weighted by atomic mass is 16.4. The van der Waals surface area contributed by atoms with Gasteiger partial charge in [-0.2, -0.15) is 0 Å². The lowest BCUT2D eigenvalue weighted by atomic mass is 9.93. The van der Waals surface area contributed by atoms with Crippen molar-refractivity contribution in [1.82, 2.24) is 5.32 Å². The molecule has 0 aromatic heterocycles. The van der Waals surface area contributed by atoms with Crippen LogP contribution in [0.15, 0.2) is 0 Å². The largest absolute Gasteiger partial charge is 0.480 e. The standard InChI is InChI=1S/C14H27NO2/c1-4-5-6-7-8-9-14(3,13(16)17)15-12-10-11(12)2/h11-12,15H,4-10H2,1-3H3,(H,16,17). The van der Waals surface area contributed by atoms with Gasteiger partial charge < -0.3 is 5.11 Å². The third-order valence-corrected chi connectivity index (χ3v) is 3.87. The maximum Gasteiger partial charge on any atom is 0.323 e. The molecule has 2 N–H and O–H groups in total. The maximum absolute atomic E-state index is 11.3. The molecule has 17 heavy (non-hydrogen) atoms. The van der Waals surface area contributed by atoms with Crippen molar-refractivity contribution in [3.63, 3.8) is 0 Å². The molecule has 3 atom stereocenters. The normalized spacial score (nSPS) is 26.5. The molecule has 0 amide bonds. The van der Waals surface area contributed by atoms with Crippen LogP contribution < -0.4 is 5.32 Å². The van der Waals surface area contributed by atoms with Crippen LogP contribution in [0.5, 0.6) is 0 Å².